The third kappa shape index (κ3) is 4.68. The maximum atomic E-state index is 13.1. The molecule has 0 saturated carbocycles. The van der Waals surface area contributed by atoms with Crippen molar-refractivity contribution in [2.24, 2.45) is 7.05 Å². The van der Waals surface area contributed by atoms with Crippen LogP contribution in [0.2, 0.25) is 0 Å². The number of carbonyl (C=O) groups is 1. The maximum absolute atomic E-state index is 13.1. The fraction of sp³-hybridized carbons (Fsp3) is 0.438. The minimum Gasteiger partial charge on any atom is -0.378 e. The fourth-order valence-corrected chi connectivity index (χ4v) is 3.38. The molecule has 0 aliphatic carbocycles. The molecule has 28 heavy (non-hydrogen) atoms. The molecule has 2 heterocycles. The van der Waals surface area contributed by atoms with Crippen molar-refractivity contribution in [1.82, 2.24) is 14.8 Å². The Balaban J connectivity index is 1.77. The van der Waals surface area contributed by atoms with E-state index in [1.807, 2.05) is 4.90 Å². The van der Waals surface area contributed by atoms with E-state index in [9.17, 15) is 18.0 Å². The van der Waals surface area contributed by atoms with Crippen molar-refractivity contribution < 1.29 is 22.7 Å². The molecule has 3 N–H and O–H groups in total. The monoisotopic (exact) mass is 416 g/mol. The summed E-state index contributed by atoms with van der Waals surface area (Å²) in [5.74, 6) is -0.305. The van der Waals surface area contributed by atoms with Crippen molar-refractivity contribution in [3.05, 3.63) is 23.8 Å². The summed E-state index contributed by atoms with van der Waals surface area (Å²) in [5, 5.41) is 10.5. The number of hydrogen-bond acceptors (Lipinski definition) is 7. The van der Waals surface area contributed by atoms with Gasteiger partial charge in [-0.25, -0.2) is 0 Å². The van der Waals surface area contributed by atoms with Crippen molar-refractivity contribution in [2.75, 3.05) is 48.0 Å². The Kier molecular flexibility index (Phi) is 5.98. The summed E-state index contributed by atoms with van der Waals surface area (Å²) in [6.07, 6.45) is -4.51. The van der Waals surface area contributed by atoms with E-state index >= 15 is 0 Å². The molecule has 0 bridgehead atoms. The van der Waals surface area contributed by atoms with Crippen LogP contribution in [0.5, 0.6) is 0 Å². The lowest BCUT2D eigenvalue weighted by Gasteiger charge is -2.31. The molecule has 0 unspecified atom stereocenters. The highest BCUT2D eigenvalue weighted by atomic mass is 32.2. The number of alkyl halides is 3. The third-order valence-corrected chi connectivity index (χ3v) is 5.17. The van der Waals surface area contributed by atoms with Gasteiger partial charge in [-0.2, -0.15) is 13.2 Å². The van der Waals surface area contributed by atoms with Gasteiger partial charge < -0.3 is 20.7 Å². The van der Waals surface area contributed by atoms with Gasteiger partial charge in [-0.05, 0) is 18.2 Å². The molecule has 0 atom stereocenters. The van der Waals surface area contributed by atoms with Crippen molar-refractivity contribution in [3.63, 3.8) is 0 Å². The number of nitrogen functional groups attached to an aromatic ring is 1. The number of thioether (sulfide) groups is 1. The van der Waals surface area contributed by atoms with E-state index < -0.39 is 17.6 Å². The molecule has 1 aliphatic heterocycles. The fourth-order valence-electron chi connectivity index (χ4n) is 2.66. The summed E-state index contributed by atoms with van der Waals surface area (Å²) in [4.78, 5) is 14.2. The highest BCUT2D eigenvalue weighted by molar-refractivity contribution is 7.99. The Hall–Kier alpha value is -2.47. The van der Waals surface area contributed by atoms with Gasteiger partial charge in [0.05, 0.1) is 35.9 Å². The molecule has 2 aromatic rings. The molecule has 12 heteroatoms. The lowest BCUT2D eigenvalue weighted by Crippen LogP contribution is -2.37. The highest BCUT2D eigenvalue weighted by Crippen LogP contribution is 2.36. The van der Waals surface area contributed by atoms with Crippen LogP contribution in [0.4, 0.5) is 30.5 Å². The van der Waals surface area contributed by atoms with Gasteiger partial charge in [-0.15, -0.1) is 10.2 Å². The van der Waals surface area contributed by atoms with Crippen LogP contribution in [-0.4, -0.2) is 52.7 Å². The molecule has 1 saturated heterocycles. The van der Waals surface area contributed by atoms with E-state index in [0.717, 1.165) is 23.9 Å². The van der Waals surface area contributed by atoms with E-state index in [-0.39, 0.29) is 17.4 Å². The van der Waals surface area contributed by atoms with Gasteiger partial charge in [-0.1, -0.05) is 11.8 Å². The zero-order valence-electron chi connectivity index (χ0n) is 15.0. The van der Waals surface area contributed by atoms with Crippen LogP contribution in [0.3, 0.4) is 0 Å². The number of rotatable bonds is 5. The third-order valence-electron chi connectivity index (χ3n) is 4.15. The highest BCUT2D eigenvalue weighted by Gasteiger charge is 2.32. The molecular formula is C16H19F3N6O2S. The molecule has 3 rings (SSSR count). The second-order valence-corrected chi connectivity index (χ2v) is 7.01. The lowest BCUT2D eigenvalue weighted by atomic mass is 10.1. The number of nitrogens with zero attached hydrogens (tertiary/aromatic N) is 4. The molecule has 1 aromatic heterocycles. The van der Waals surface area contributed by atoms with Crippen LogP contribution in [0, 0.1) is 0 Å². The first-order chi connectivity index (χ1) is 13.3. The normalized spacial score (nSPS) is 14.9. The quantitative estimate of drug-likeness (QED) is 0.720. The first-order valence-corrected chi connectivity index (χ1v) is 9.35. The van der Waals surface area contributed by atoms with Crippen molar-refractivity contribution in [3.8, 4) is 0 Å². The molecule has 0 radical (unpaired) electrons. The topological polar surface area (TPSA) is 98.3 Å². The number of nitrogens with two attached hydrogens (primary N) is 1. The maximum Gasteiger partial charge on any atom is 0.416 e. The molecule has 1 fully saturated rings. The molecule has 1 aliphatic rings. The van der Waals surface area contributed by atoms with Gasteiger partial charge in [0.1, 0.15) is 0 Å². The Labute approximate surface area is 163 Å². The average Bonchev–Trinajstić information content (AvgIpc) is 2.98. The predicted molar refractivity (Wildman–Crippen MR) is 99.2 cm³/mol. The number of hydrogen-bond donors (Lipinski definition) is 2. The Bertz CT molecular complexity index is 851. The molecule has 8 nitrogen and oxygen atoms in total. The number of anilines is 3. The van der Waals surface area contributed by atoms with Crippen LogP contribution >= 0.6 is 11.8 Å². The van der Waals surface area contributed by atoms with Gasteiger partial charge in [0.2, 0.25) is 11.9 Å². The van der Waals surface area contributed by atoms with E-state index in [2.05, 4.69) is 15.5 Å². The number of halogens is 3. The Morgan fingerprint density at radius 3 is 2.64 bits per heavy atom. The first kappa shape index (κ1) is 20.3. The Morgan fingerprint density at radius 2 is 2.04 bits per heavy atom. The van der Waals surface area contributed by atoms with E-state index in [4.69, 9.17) is 10.5 Å². The first-order valence-electron chi connectivity index (χ1n) is 8.37. The van der Waals surface area contributed by atoms with Gasteiger partial charge >= 0.3 is 6.18 Å². The van der Waals surface area contributed by atoms with E-state index in [1.165, 1.54) is 10.6 Å². The standard InChI is InChI=1S/C16H19F3N6O2S/c1-24-14(20)22-23-15(24)28-9-13(26)21-11-8-10(16(17,18)19)2-3-12(11)25-4-6-27-7-5-25/h2-3,8H,4-7,9H2,1H3,(H2,20,22)(H,21,26). The smallest absolute Gasteiger partial charge is 0.378 e. The number of nitrogens with one attached hydrogen (secondary N) is 1. The minimum atomic E-state index is -4.51. The average molecular weight is 416 g/mol. The van der Waals surface area contributed by atoms with Crippen molar-refractivity contribution >= 4 is 35.0 Å². The molecular weight excluding hydrogens is 397 g/mol. The predicted octanol–water partition coefficient (Wildman–Crippen LogP) is 1.98. The van der Waals surface area contributed by atoms with Gasteiger partial charge in [0, 0.05) is 20.1 Å². The molecule has 152 valence electrons. The van der Waals surface area contributed by atoms with Crippen LogP contribution in [0.15, 0.2) is 23.4 Å². The van der Waals surface area contributed by atoms with Crippen LogP contribution in [-0.2, 0) is 22.8 Å². The summed E-state index contributed by atoms with van der Waals surface area (Å²) in [5.41, 5.74) is 5.39. The zero-order valence-corrected chi connectivity index (χ0v) is 15.8. The summed E-state index contributed by atoms with van der Waals surface area (Å²) < 4.78 is 46.1. The van der Waals surface area contributed by atoms with Gasteiger partial charge in [0.15, 0.2) is 5.16 Å². The van der Waals surface area contributed by atoms with Gasteiger partial charge in [-0.3, -0.25) is 9.36 Å². The Morgan fingerprint density at radius 1 is 1.32 bits per heavy atom. The van der Waals surface area contributed by atoms with Crippen LogP contribution in [0.1, 0.15) is 5.56 Å². The van der Waals surface area contributed by atoms with Crippen LogP contribution in [0.25, 0.3) is 0 Å². The number of benzene rings is 1. The SMILES string of the molecule is Cn1c(N)nnc1SCC(=O)Nc1cc(C(F)(F)F)ccc1N1CCOCC1. The molecule has 0 spiro atoms. The number of aromatic nitrogens is 3. The molecule has 1 amide bonds. The minimum absolute atomic E-state index is 0.0508. The summed E-state index contributed by atoms with van der Waals surface area (Å²) in [6, 6.07) is 3.34. The lowest BCUT2D eigenvalue weighted by molar-refractivity contribution is -0.137. The van der Waals surface area contributed by atoms with E-state index in [0.29, 0.717) is 37.1 Å². The van der Waals surface area contributed by atoms with Gasteiger partial charge in [0.25, 0.3) is 0 Å². The summed E-state index contributed by atoms with van der Waals surface area (Å²) in [6.45, 7) is 2.00. The van der Waals surface area contributed by atoms with E-state index in [1.54, 1.807) is 7.05 Å². The second-order valence-electron chi connectivity index (χ2n) is 6.07. The largest absolute Gasteiger partial charge is 0.416 e. The summed E-state index contributed by atoms with van der Waals surface area (Å²) in [7, 11) is 1.65. The number of morpholine rings is 1. The molecule has 1 aromatic carbocycles. The van der Waals surface area contributed by atoms with Crippen molar-refractivity contribution in [2.45, 2.75) is 11.3 Å². The second kappa shape index (κ2) is 8.27. The zero-order chi connectivity index (χ0) is 20.3. The number of amides is 1. The van der Waals surface area contributed by atoms with Crippen molar-refractivity contribution in [1.29, 1.82) is 0 Å². The van der Waals surface area contributed by atoms with Crippen LogP contribution < -0.4 is 16.0 Å². The number of carbonyl (C=O) groups excluding carboxylic acids is 1. The summed E-state index contributed by atoms with van der Waals surface area (Å²) >= 11 is 1.09. The number of ether oxygens (including phenoxy) is 1.